The van der Waals surface area contributed by atoms with E-state index in [4.69, 9.17) is 4.74 Å². The minimum absolute atomic E-state index is 0.0389. The summed E-state index contributed by atoms with van der Waals surface area (Å²) in [5, 5.41) is 7.57. The quantitative estimate of drug-likeness (QED) is 0.641. The molecule has 0 radical (unpaired) electrons. The van der Waals surface area contributed by atoms with Gasteiger partial charge in [-0.3, -0.25) is 9.59 Å². The topological polar surface area (TPSA) is 59.0 Å². The molecule has 23 heavy (non-hydrogen) atoms. The Hall–Kier alpha value is -2.73. The highest BCUT2D eigenvalue weighted by Crippen LogP contribution is 2.27. The first-order valence-electron chi connectivity index (χ1n) is 6.98. The number of para-hydroxylation sites is 1. The zero-order valence-electron chi connectivity index (χ0n) is 12.4. The van der Waals surface area contributed by atoms with E-state index in [1.165, 1.54) is 23.5 Å². The second-order valence-corrected chi connectivity index (χ2v) is 5.80. The van der Waals surface area contributed by atoms with Crippen molar-refractivity contribution in [2.24, 2.45) is 5.10 Å². The van der Waals surface area contributed by atoms with E-state index in [-0.39, 0.29) is 12.3 Å². The highest BCUT2D eigenvalue weighted by Gasteiger charge is 2.32. The fourth-order valence-electron chi connectivity index (χ4n) is 2.20. The Morgan fingerprint density at radius 2 is 2.04 bits per heavy atom. The van der Waals surface area contributed by atoms with Crippen LogP contribution in [0.4, 0.5) is 5.69 Å². The molecule has 1 aliphatic heterocycles. The molecule has 0 N–H and O–H groups in total. The third-order valence-electron chi connectivity index (χ3n) is 3.32. The van der Waals surface area contributed by atoms with Crippen LogP contribution in [-0.2, 0) is 14.3 Å². The van der Waals surface area contributed by atoms with Gasteiger partial charge in [0.2, 0.25) is 0 Å². The number of thiophene rings is 1. The van der Waals surface area contributed by atoms with Crippen LogP contribution in [0.5, 0.6) is 0 Å². The first-order valence-corrected chi connectivity index (χ1v) is 7.86. The van der Waals surface area contributed by atoms with Crippen LogP contribution in [0.3, 0.4) is 0 Å². The molecule has 116 valence electrons. The second-order valence-electron chi connectivity index (χ2n) is 4.83. The van der Waals surface area contributed by atoms with E-state index in [1.807, 2.05) is 35.7 Å². The Labute approximate surface area is 137 Å². The van der Waals surface area contributed by atoms with E-state index in [9.17, 15) is 9.59 Å². The average Bonchev–Trinajstić information content (AvgIpc) is 3.19. The van der Waals surface area contributed by atoms with Crippen molar-refractivity contribution in [1.29, 1.82) is 0 Å². The molecule has 3 rings (SSSR count). The lowest BCUT2D eigenvalue weighted by atomic mass is 10.1. The summed E-state index contributed by atoms with van der Waals surface area (Å²) in [6.07, 6.45) is 1.72. The van der Waals surface area contributed by atoms with Crippen molar-refractivity contribution >= 4 is 40.7 Å². The fourth-order valence-corrected chi connectivity index (χ4v) is 2.86. The summed E-state index contributed by atoms with van der Waals surface area (Å²) in [7, 11) is 1.32. The largest absolute Gasteiger partial charge is 0.469 e. The Morgan fingerprint density at radius 3 is 2.70 bits per heavy atom. The van der Waals surface area contributed by atoms with Crippen molar-refractivity contribution < 1.29 is 14.3 Å². The molecule has 1 aromatic carbocycles. The lowest BCUT2D eigenvalue weighted by Gasteiger charge is -2.10. The molecule has 6 heteroatoms. The van der Waals surface area contributed by atoms with Crippen molar-refractivity contribution in [2.75, 3.05) is 12.1 Å². The first kappa shape index (κ1) is 15.2. The predicted molar refractivity (Wildman–Crippen MR) is 90.3 cm³/mol. The van der Waals surface area contributed by atoms with Crippen LogP contribution < -0.4 is 5.01 Å². The van der Waals surface area contributed by atoms with Gasteiger partial charge in [-0.25, -0.2) is 0 Å². The van der Waals surface area contributed by atoms with E-state index < -0.39 is 5.97 Å². The Morgan fingerprint density at radius 1 is 1.26 bits per heavy atom. The molecule has 1 amide bonds. The molecule has 1 aliphatic rings. The van der Waals surface area contributed by atoms with Gasteiger partial charge in [0, 0.05) is 4.88 Å². The number of hydrogen-bond donors (Lipinski definition) is 0. The number of anilines is 1. The smallest absolute Gasteiger partial charge is 0.311 e. The van der Waals surface area contributed by atoms with E-state index in [1.54, 1.807) is 18.2 Å². The Bertz CT molecular complexity index is 779. The summed E-state index contributed by atoms with van der Waals surface area (Å²) in [5.41, 5.74) is 1.50. The van der Waals surface area contributed by atoms with E-state index >= 15 is 0 Å². The Kier molecular flexibility index (Phi) is 4.34. The van der Waals surface area contributed by atoms with Gasteiger partial charge in [-0.2, -0.15) is 10.1 Å². The molecule has 0 saturated carbocycles. The molecule has 5 nitrogen and oxygen atoms in total. The standard InChI is InChI=1S/C17H14N2O3S/c1-22-16(20)11-15-14(10-13-8-5-9-23-13)17(21)19(18-15)12-6-3-2-4-7-12/h2-10H,11H2,1H3/b14-10-. The van der Waals surface area contributed by atoms with Gasteiger partial charge in [0.1, 0.15) is 0 Å². The molecule has 0 aliphatic carbocycles. The predicted octanol–water partition coefficient (Wildman–Crippen LogP) is 3.10. The lowest BCUT2D eigenvalue weighted by molar-refractivity contribution is -0.139. The van der Waals surface area contributed by atoms with Crippen LogP contribution >= 0.6 is 11.3 Å². The monoisotopic (exact) mass is 326 g/mol. The number of esters is 1. The van der Waals surface area contributed by atoms with Crippen molar-refractivity contribution in [3.63, 3.8) is 0 Å². The van der Waals surface area contributed by atoms with E-state index in [0.717, 1.165) is 4.88 Å². The normalized spacial score (nSPS) is 15.9. The number of hydrogen-bond acceptors (Lipinski definition) is 5. The van der Waals surface area contributed by atoms with Crippen molar-refractivity contribution in [1.82, 2.24) is 0 Å². The number of methoxy groups -OCH3 is 1. The lowest BCUT2D eigenvalue weighted by Crippen LogP contribution is -2.21. The molecule has 0 saturated heterocycles. The fraction of sp³-hybridized carbons (Fsp3) is 0.118. The van der Waals surface area contributed by atoms with Gasteiger partial charge < -0.3 is 4.74 Å². The van der Waals surface area contributed by atoms with Crippen LogP contribution in [0.2, 0.25) is 0 Å². The highest BCUT2D eigenvalue weighted by atomic mass is 32.1. The van der Waals surface area contributed by atoms with Crippen molar-refractivity contribution in [3.05, 3.63) is 58.3 Å². The van der Waals surface area contributed by atoms with Gasteiger partial charge >= 0.3 is 5.97 Å². The van der Waals surface area contributed by atoms with E-state index in [0.29, 0.717) is 17.0 Å². The van der Waals surface area contributed by atoms with Gasteiger partial charge in [0.05, 0.1) is 30.5 Å². The summed E-state index contributed by atoms with van der Waals surface area (Å²) in [4.78, 5) is 25.2. The molecule has 0 spiro atoms. The zero-order valence-corrected chi connectivity index (χ0v) is 13.2. The van der Waals surface area contributed by atoms with Crippen LogP contribution in [0.15, 0.2) is 58.5 Å². The molecule has 1 aromatic heterocycles. The molecule has 2 aromatic rings. The molecule has 0 fully saturated rings. The van der Waals surface area contributed by atoms with Crippen molar-refractivity contribution in [2.45, 2.75) is 6.42 Å². The van der Waals surface area contributed by atoms with Gasteiger partial charge in [-0.05, 0) is 29.7 Å². The van der Waals surface area contributed by atoms with Gasteiger partial charge in [-0.15, -0.1) is 11.3 Å². The minimum atomic E-state index is -0.427. The maximum absolute atomic E-state index is 12.7. The first-order chi connectivity index (χ1) is 11.2. The summed E-state index contributed by atoms with van der Waals surface area (Å²) >= 11 is 1.52. The van der Waals surface area contributed by atoms with Crippen LogP contribution in [0.1, 0.15) is 11.3 Å². The summed E-state index contributed by atoms with van der Waals surface area (Å²) in [6.45, 7) is 0. The van der Waals surface area contributed by atoms with E-state index in [2.05, 4.69) is 5.10 Å². The summed E-state index contributed by atoms with van der Waals surface area (Å²) < 4.78 is 4.70. The number of benzene rings is 1. The highest BCUT2D eigenvalue weighted by molar-refractivity contribution is 7.10. The number of ether oxygens (including phenoxy) is 1. The summed E-state index contributed by atoms with van der Waals surface area (Å²) in [5.74, 6) is -0.674. The van der Waals surface area contributed by atoms with Gasteiger partial charge in [0.25, 0.3) is 5.91 Å². The molecule has 0 atom stereocenters. The SMILES string of the molecule is COC(=O)CC1=NN(c2ccccc2)C(=O)/C1=C\c1cccs1. The number of carbonyl (C=O) groups is 2. The van der Waals surface area contributed by atoms with Crippen molar-refractivity contribution in [3.8, 4) is 0 Å². The maximum atomic E-state index is 12.7. The molecular formula is C17H14N2O3S. The summed E-state index contributed by atoms with van der Waals surface area (Å²) in [6, 6.07) is 12.9. The number of hydrazone groups is 1. The Balaban J connectivity index is 1.99. The number of nitrogens with zero attached hydrogens (tertiary/aromatic N) is 2. The van der Waals surface area contributed by atoms with Crippen LogP contribution in [0.25, 0.3) is 6.08 Å². The molecule has 2 heterocycles. The zero-order chi connectivity index (χ0) is 16.2. The number of carbonyl (C=O) groups excluding carboxylic acids is 2. The molecular weight excluding hydrogens is 312 g/mol. The van der Waals surface area contributed by atoms with Gasteiger partial charge in [0.15, 0.2) is 0 Å². The second kappa shape index (κ2) is 6.58. The van der Waals surface area contributed by atoms with Crippen LogP contribution in [-0.4, -0.2) is 24.7 Å². The minimum Gasteiger partial charge on any atom is -0.469 e. The van der Waals surface area contributed by atoms with Gasteiger partial charge in [-0.1, -0.05) is 24.3 Å². The molecule has 0 bridgehead atoms. The number of rotatable bonds is 4. The maximum Gasteiger partial charge on any atom is 0.311 e. The third kappa shape index (κ3) is 3.22. The van der Waals surface area contributed by atoms with Crippen LogP contribution in [0, 0.1) is 0 Å². The average molecular weight is 326 g/mol. The third-order valence-corrected chi connectivity index (χ3v) is 4.14. The number of amides is 1. The molecule has 0 unspecified atom stereocenters.